The maximum absolute atomic E-state index is 13.3. The molecule has 0 saturated carbocycles. The van der Waals surface area contributed by atoms with Crippen LogP contribution in [0.25, 0.3) is 10.2 Å². The van der Waals surface area contributed by atoms with Gasteiger partial charge in [-0.05, 0) is 6.07 Å². The minimum absolute atomic E-state index is 0.156. The van der Waals surface area contributed by atoms with E-state index in [9.17, 15) is 13.2 Å². The molecule has 0 atom stereocenters. The molecule has 0 spiro atoms. The second-order valence-corrected chi connectivity index (χ2v) is 4.74. The largest absolute Gasteiger partial charge is 0.342 e. The first-order valence-corrected chi connectivity index (χ1v) is 5.60. The van der Waals surface area contributed by atoms with Crippen molar-refractivity contribution >= 4 is 26.7 Å². The van der Waals surface area contributed by atoms with Crippen molar-refractivity contribution in [1.29, 1.82) is 0 Å². The molecule has 1 saturated heterocycles. The summed E-state index contributed by atoms with van der Waals surface area (Å²) in [7, 11) is 0. The number of fused-ring (bicyclic) bond motifs is 1. The molecule has 0 bridgehead atoms. The van der Waals surface area contributed by atoms with Gasteiger partial charge in [0.25, 0.3) is 0 Å². The molecule has 1 fully saturated rings. The van der Waals surface area contributed by atoms with E-state index in [0.717, 1.165) is 6.07 Å². The number of nitrogens with zero attached hydrogens (tertiary/aromatic N) is 2. The van der Waals surface area contributed by atoms with Gasteiger partial charge in [-0.3, -0.25) is 0 Å². The molecule has 6 heteroatoms. The van der Waals surface area contributed by atoms with Crippen molar-refractivity contribution in [2.24, 2.45) is 0 Å². The van der Waals surface area contributed by atoms with Gasteiger partial charge in [0.2, 0.25) is 0 Å². The van der Waals surface area contributed by atoms with Gasteiger partial charge in [0, 0.05) is 6.07 Å². The Morgan fingerprint density at radius 3 is 2.75 bits per heavy atom. The summed E-state index contributed by atoms with van der Waals surface area (Å²) in [6, 6.07) is 2.05. The molecule has 1 aliphatic rings. The molecule has 0 unspecified atom stereocenters. The smallest absolute Gasteiger partial charge is 0.186 e. The van der Waals surface area contributed by atoms with Crippen molar-refractivity contribution in [2.75, 3.05) is 18.0 Å². The molecule has 3 rings (SSSR count). The predicted octanol–water partition coefficient (Wildman–Crippen LogP) is 2.73. The van der Waals surface area contributed by atoms with Crippen molar-refractivity contribution in [3.63, 3.8) is 0 Å². The monoisotopic (exact) mass is 244 g/mol. The molecule has 1 aromatic heterocycles. The van der Waals surface area contributed by atoms with Crippen molar-refractivity contribution in [3.8, 4) is 0 Å². The van der Waals surface area contributed by atoms with Crippen LogP contribution in [0.15, 0.2) is 12.1 Å². The highest BCUT2D eigenvalue weighted by atomic mass is 32.1. The van der Waals surface area contributed by atoms with Crippen LogP contribution in [0.4, 0.5) is 18.3 Å². The van der Waals surface area contributed by atoms with Gasteiger partial charge in [-0.25, -0.2) is 18.2 Å². The number of benzene rings is 1. The van der Waals surface area contributed by atoms with Gasteiger partial charge in [0.1, 0.15) is 17.5 Å². The lowest BCUT2D eigenvalue weighted by molar-refractivity contribution is 0.275. The minimum atomic E-state index is -0.839. The highest BCUT2D eigenvalue weighted by molar-refractivity contribution is 7.22. The zero-order chi connectivity index (χ0) is 11.3. The Labute approximate surface area is 93.3 Å². The average Bonchev–Trinajstić information content (AvgIpc) is 2.56. The fourth-order valence-corrected chi connectivity index (χ4v) is 2.68. The summed E-state index contributed by atoms with van der Waals surface area (Å²) < 4.78 is 39.4. The van der Waals surface area contributed by atoms with Crippen LogP contribution in [0.2, 0.25) is 0 Å². The van der Waals surface area contributed by atoms with E-state index in [2.05, 4.69) is 4.98 Å². The zero-order valence-electron chi connectivity index (χ0n) is 8.08. The molecule has 16 heavy (non-hydrogen) atoms. The third kappa shape index (κ3) is 1.44. The fourth-order valence-electron chi connectivity index (χ4n) is 1.66. The molecule has 84 valence electrons. The first kappa shape index (κ1) is 9.89. The standard InChI is InChI=1S/C10H7F3N2S/c11-5-1-7(13)9-8(2-5)16-10(14-9)15-3-6(12)4-15/h1-2,6H,3-4H2. The number of aromatic nitrogens is 1. The van der Waals surface area contributed by atoms with E-state index in [0.29, 0.717) is 9.83 Å². The van der Waals surface area contributed by atoms with E-state index in [1.165, 1.54) is 17.4 Å². The lowest BCUT2D eigenvalue weighted by Crippen LogP contribution is -2.48. The van der Waals surface area contributed by atoms with Crippen LogP contribution in [0.3, 0.4) is 0 Å². The molecule has 0 radical (unpaired) electrons. The molecule has 0 aliphatic carbocycles. The second-order valence-electron chi connectivity index (χ2n) is 3.73. The Morgan fingerprint density at radius 1 is 1.31 bits per heavy atom. The molecule has 2 nitrogen and oxygen atoms in total. The van der Waals surface area contributed by atoms with Crippen molar-refractivity contribution in [3.05, 3.63) is 23.8 Å². The fraction of sp³-hybridized carbons (Fsp3) is 0.300. The van der Waals surface area contributed by atoms with Crippen LogP contribution in [0, 0.1) is 11.6 Å². The lowest BCUT2D eigenvalue weighted by atomic mass is 10.2. The van der Waals surface area contributed by atoms with E-state index in [1.807, 2.05) is 0 Å². The van der Waals surface area contributed by atoms with Gasteiger partial charge >= 0.3 is 0 Å². The summed E-state index contributed by atoms with van der Waals surface area (Å²) in [5, 5.41) is 0.549. The van der Waals surface area contributed by atoms with Crippen LogP contribution in [-0.2, 0) is 0 Å². The molecule has 0 amide bonds. The van der Waals surface area contributed by atoms with Crippen LogP contribution in [0.5, 0.6) is 0 Å². The second kappa shape index (κ2) is 3.35. The van der Waals surface area contributed by atoms with E-state index < -0.39 is 17.8 Å². The molecule has 1 aliphatic heterocycles. The topological polar surface area (TPSA) is 16.1 Å². The summed E-state index contributed by atoms with van der Waals surface area (Å²) in [5.74, 6) is -1.29. The quantitative estimate of drug-likeness (QED) is 0.766. The first-order chi connectivity index (χ1) is 7.63. The van der Waals surface area contributed by atoms with Crippen molar-refractivity contribution in [1.82, 2.24) is 4.98 Å². The SMILES string of the molecule is Fc1cc(F)c2nc(N3CC(F)C3)sc2c1. The summed E-state index contributed by atoms with van der Waals surface area (Å²) in [6.45, 7) is 0.563. The minimum Gasteiger partial charge on any atom is -0.342 e. The highest BCUT2D eigenvalue weighted by Crippen LogP contribution is 2.33. The van der Waals surface area contributed by atoms with Gasteiger partial charge < -0.3 is 4.90 Å². The van der Waals surface area contributed by atoms with Crippen molar-refractivity contribution < 1.29 is 13.2 Å². The summed E-state index contributed by atoms with van der Waals surface area (Å²) >= 11 is 1.18. The molecular weight excluding hydrogens is 237 g/mol. The first-order valence-electron chi connectivity index (χ1n) is 4.78. The number of hydrogen-bond donors (Lipinski definition) is 0. The number of alkyl halides is 1. The number of halogens is 3. The molecule has 2 aromatic rings. The number of hydrogen-bond acceptors (Lipinski definition) is 3. The summed E-state index contributed by atoms with van der Waals surface area (Å²) in [5.41, 5.74) is 0.156. The Bertz CT molecular complexity index is 548. The number of thiazole rings is 1. The van der Waals surface area contributed by atoms with Gasteiger partial charge in [0.05, 0.1) is 17.8 Å². The molecule has 0 N–H and O–H groups in total. The Kier molecular flexibility index (Phi) is 2.07. The maximum atomic E-state index is 13.3. The van der Waals surface area contributed by atoms with E-state index in [1.54, 1.807) is 4.90 Å². The zero-order valence-corrected chi connectivity index (χ0v) is 8.90. The highest BCUT2D eigenvalue weighted by Gasteiger charge is 2.29. The van der Waals surface area contributed by atoms with E-state index >= 15 is 0 Å². The predicted molar refractivity (Wildman–Crippen MR) is 56.6 cm³/mol. The molecular formula is C10H7F3N2S. The van der Waals surface area contributed by atoms with Crippen LogP contribution in [-0.4, -0.2) is 24.2 Å². The van der Waals surface area contributed by atoms with Gasteiger partial charge in [0.15, 0.2) is 10.9 Å². The van der Waals surface area contributed by atoms with Gasteiger partial charge in [-0.15, -0.1) is 0 Å². The Balaban J connectivity index is 2.06. The third-order valence-corrected chi connectivity index (χ3v) is 3.57. The molecule has 1 aromatic carbocycles. The molecule has 2 heterocycles. The summed E-state index contributed by atoms with van der Waals surface area (Å²) in [6.07, 6.45) is -0.839. The number of rotatable bonds is 1. The lowest BCUT2D eigenvalue weighted by Gasteiger charge is -2.33. The van der Waals surface area contributed by atoms with E-state index in [-0.39, 0.29) is 18.6 Å². The average molecular weight is 244 g/mol. The van der Waals surface area contributed by atoms with Gasteiger partial charge in [-0.2, -0.15) is 0 Å². The normalized spacial score (nSPS) is 16.8. The number of anilines is 1. The van der Waals surface area contributed by atoms with Crippen LogP contribution < -0.4 is 4.90 Å². The van der Waals surface area contributed by atoms with Crippen molar-refractivity contribution in [2.45, 2.75) is 6.17 Å². The Morgan fingerprint density at radius 2 is 2.06 bits per heavy atom. The maximum Gasteiger partial charge on any atom is 0.186 e. The van der Waals surface area contributed by atoms with Crippen LogP contribution >= 0.6 is 11.3 Å². The van der Waals surface area contributed by atoms with E-state index in [4.69, 9.17) is 0 Å². The third-order valence-electron chi connectivity index (χ3n) is 2.51. The Hall–Kier alpha value is -1.30. The van der Waals surface area contributed by atoms with Crippen LogP contribution in [0.1, 0.15) is 0 Å². The summed E-state index contributed by atoms with van der Waals surface area (Å²) in [4.78, 5) is 5.76. The van der Waals surface area contributed by atoms with Gasteiger partial charge in [-0.1, -0.05) is 11.3 Å².